The Morgan fingerprint density at radius 2 is 2.11 bits per heavy atom. The molecule has 0 spiro atoms. The molecule has 0 saturated heterocycles. The van der Waals surface area contributed by atoms with Gasteiger partial charge < -0.3 is 5.32 Å². The van der Waals surface area contributed by atoms with E-state index in [1.54, 1.807) is 12.3 Å². The van der Waals surface area contributed by atoms with E-state index in [0.717, 1.165) is 26.0 Å². The largest absolute Gasteiger partial charge is 0.306 e. The third kappa shape index (κ3) is 3.87. The first-order chi connectivity index (χ1) is 13.5. The smallest absolute Gasteiger partial charge is 0.266 e. The molecule has 0 saturated carbocycles. The Morgan fingerprint density at radius 3 is 2.79 bits per heavy atom. The maximum absolute atomic E-state index is 12.3. The van der Waals surface area contributed by atoms with E-state index in [4.69, 9.17) is 16.7 Å². The van der Waals surface area contributed by atoms with Crippen molar-refractivity contribution in [3.63, 3.8) is 0 Å². The number of rotatable bonds is 5. The van der Waals surface area contributed by atoms with Crippen molar-refractivity contribution >= 4 is 46.0 Å². The molecular formula is C20H17ClN4OS2. The van der Waals surface area contributed by atoms with E-state index < -0.39 is 0 Å². The molecule has 0 aliphatic rings. The van der Waals surface area contributed by atoms with Crippen molar-refractivity contribution in [2.45, 2.75) is 19.9 Å². The summed E-state index contributed by atoms with van der Waals surface area (Å²) >= 11 is 9.03. The number of hydrogen-bond donors (Lipinski definition) is 1. The van der Waals surface area contributed by atoms with Crippen LogP contribution in [-0.4, -0.2) is 20.7 Å². The highest BCUT2D eigenvalue weighted by atomic mass is 35.5. The maximum atomic E-state index is 12.3. The number of nitrogens with zero attached hydrogens (tertiary/aromatic N) is 3. The predicted molar refractivity (Wildman–Crippen MR) is 116 cm³/mol. The fourth-order valence-electron chi connectivity index (χ4n) is 2.74. The van der Waals surface area contributed by atoms with Crippen molar-refractivity contribution in [2.24, 2.45) is 0 Å². The van der Waals surface area contributed by atoms with E-state index in [1.165, 1.54) is 22.7 Å². The van der Waals surface area contributed by atoms with Gasteiger partial charge in [-0.1, -0.05) is 17.7 Å². The number of anilines is 1. The van der Waals surface area contributed by atoms with E-state index in [1.807, 2.05) is 46.6 Å². The minimum absolute atomic E-state index is 0.164. The Morgan fingerprint density at radius 1 is 1.25 bits per heavy atom. The SMILES string of the molecule is CC(C)n1cc(-c2ccnc(NC(=O)c3cccs3)c2)c(-c2ccc(Cl)s2)n1. The lowest BCUT2D eigenvalue weighted by molar-refractivity contribution is 0.103. The van der Waals surface area contributed by atoms with Crippen LogP contribution in [0.15, 0.2) is 54.2 Å². The Bertz CT molecular complexity index is 1120. The molecule has 5 nitrogen and oxygen atoms in total. The molecular weight excluding hydrogens is 412 g/mol. The van der Waals surface area contributed by atoms with Crippen LogP contribution in [0.5, 0.6) is 0 Å². The van der Waals surface area contributed by atoms with Gasteiger partial charge in [0, 0.05) is 24.0 Å². The summed E-state index contributed by atoms with van der Waals surface area (Å²) in [5.41, 5.74) is 2.77. The number of pyridine rings is 1. The summed E-state index contributed by atoms with van der Waals surface area (Å²) in [7, 11) is 0. The van der Waals surface area contributed by atoms with Gasteiger partial charge in [-0.3, -0.25) is 9.48 Å². The van der Waals surface area contributed by atoms with Crippen molar-refractivity contribution in [1.82, 2.24) is 14.8 Å². The first kappa shape index (κ1) is 18.9. The molecule has 8 heteroatoms. The highest BCUT2D eigenvalue weighted by Gasteiger charge is 2.17. The second-order valence-electron chi connectivity index (χ2n) is 6.43. The zero-order valence-corrected chi connectivity index (χ0v) is 17.6. The van der Waals surface area contributed by atoms with Gasteiger partial charge in [0.2, 0.25) is 0 Å². The molecule has 0 aliphatic heterocycles. The zero-order chi connectivity index (χ0) is 19.7. The van der Waals surface area contributed by atoms with E-state index in [0.29, 0.717) is 10.7 Å². The summed E-state index contributed by atoms with van der Waals surface area (Å²) < 4.78 is 2.65. The van der Waals surface area contributed by atoms with Gasteiger partial charge in [0.15, 0.2) is 0 Å². The van der Waals surface area contributed by atoms with Crippen LogP contribution in [0.3, 0.4) is 0 Å². The van der Waals surface area contributed by atoms with Crippen LogP contribution in [-0.2, 0) is 0 Å². The Hall–Kier alpha value is -2.48. The topological polar surface area (TPSA) is 59.8 Å². The molecule has 142 valence electrons. The standard InChI is InChI=1S/C20H17ClN4OS2/c1-12(2)25-11-14(19(24-25)15-5-6-17(21)28-15)13-7-8-22-18(10-13)23-20(26)16-4-3-9-27-16/h3-12H,1-2H3,(H,22,23,26). The van der Waals surface area contributed by atoms with Gasteiger partial charge in [-0.25, -0.2) is 4.98 Å². The molecule has 0 aliphatic carbocycles. The first-order valence-electron chi connectivity index (χ1n) is 8.67. The number of amides is 1. The van der Waals surface area contributed by atoms with E-state index in [-0.39, 0.29) is 11.9 Å². The summed E-state index contributed by atoms with van der Waals surface area (Å²) in [6.07, 6.45) is 3.71. The molecule has 0 unspecified atom stereocenters. The molecule has 28 heavy (non-hydrogen) atoms. The molecule has 0 radical (unpaired) electrons. The predicted octanol–water partition coefficient (Wildman–Crippen LogP) is 6.22. The first-order valence-corrected chi connectivity index (χ1v) is 10.7. The van der Waals surface area contributed by atoms with Crippen LogP contribution in [0.2, 0.25) is 4.34 Å². The van der Waals surface area contributed by atoms with Crippen molar-refractivity contribution in [2.75, 3.05) is 5.32 Å². The molecule has 0 aromatic carbocycles. The van der Waals surface area contributed by atoms with Gasteiger partial charge in [0.25, 0.3) is 5.91 Å². The van der Waals surface area contributed by atoms with Crippen LogP contribution in [0.1, 0.15) is 29.6 Å². The number of carbonyl (C=O) groups is 1. The van der Waals surface area contributed by atoms with Gasteiger partial charge in [-0.15, -0.1) is 22.7 Å². The van der Waals surface area contributed by atoms with Crippen LogP contribution in [0.25, 0.3) is 21.7 Å². The number of aromatic nitrogens is 3. The van der Waals surface area contributed by atoms with Gasteiger partial charge in [-0.2, -0.15) is 5.10 Å². The van der Waals surface area contributed by atoms with Gasteiger partial charge in [-0.05, 0) is 55.1 Å². The maximum Gasteiger partial charge on any atom is 0.266 e. The highest BCUT2D eigenvalue weighted by molar-refractivity contribution is 7.19. The average Bonchev–Trinajstić information content (AvgIpc) is 3.42. The number of halogens is 1. The molecule has 0 atom stereocenters. The molecule has 4 rings (SSSR count). The minimum Gasteiger partial charge on any atom is -0.306 e. The van der Waals surface area contributed by atoms with Crippen LogP contribution in [0.4, 0.5) is 5.82 Å². The lowest BCUT2D eigenvalue weighted by Crippen LogP contribution is -2.11. The van der Waals surface area contributed by atoms with Crippen LogP contribution in [0, 0.1) is 0 Å². The summed E-state index contributed by atoms with van der Waals surface area (Å²) in [5, 5.41) is 9.50. The summed E-state index contributed by atoms with van der Waals surface area (Å²) in [6.45, 7) is 4.17. The number of thiophene rings is 2. The summed E-state index contributed by atoms with van der Waals surface area (Å²) in [6, 6.07) is 11.5. The third-order valence-corrected chi connectivity index (χ3v) is 6.23. The fourth-order valence-corrected chi connectivity index (χ4v) is 4.40. The highest BCUT2D eigenvalue weighted by Crippen LogP contribution is 2.37. The number of nitrogens with one attached hydrogen (secondary N) is 1. The second-order valence-corrected chi connectivity index (χ2v) is 9.09. The van der Waals surface area contributed by atoms with Crippen molar-refractivity contribution in [3.05, 3.63) is 63.4 Å². The van der Waals surface area contributed by atoms with Crippen molar-refractivity contribution in [3.8, 4) is 21.7 Å². The summed E-state index contributed by atoms with van der Waals surface area (Å²) in [5.74, 6) is 0.339. The van der Waals surface area contributed by atoms with E-state index in [9.17, 15) is 4.79 Å². The average molecular weight is 429 g/mol. The Balaban J connectivity index is 1.71. The quantitative estimate of drug-likeness (QED) is 0.410. The van der Waals surface area contributed by atoms with Crippen molar-refractivity contribution < 1.29 is 4.79 Å². The van der Waals surface area contributed by atoms with Crippen molar-refractivity contribution in [1.29, 1.82) is 0 Å². The molecule has 4 aromatic rings. The second kappa shape index (κ2) is 7.87. The zero-order valence-electron chi connectivity index (χ0n) is 15.2. The minimum atomic E-state index is -0.164. The Labute approximate surface area is 175 Å². The summed E-state index contributed by atoms with van der Waals surface area (Å²) in [4.78, 5) is 18.3. The van der Waals surface area contributed by atoms with E-state index in [2.05, 4.69) is 24.1 Å². The molecule has 1 amide bonds. The van der Waals surface area contributed by atoms with Gasteiger partial charge >= 0.3 is 0 Å². The monoisotopic (exact) mass is 428 g/mol. The van der Waals surface area contributed by atoms with E-state index >= 15 is 0 Å². The van der Waals surface area contributed by atoms with Crippen LogP contribution >= 0.6 is 34.3 Å². The van der Waals surface area contributed by atoms with Gasteiger partial charge in [0.05, 0.1) is 14.1 Å². The Kier molecular flexibility index (Phi) is 5.30. The van der Waals surface area contributed by atoms with Gasteiger partial charge in [0.1, 0.15) is 11.5 Å². The molecule has 4 heterocycles. The lowest BCUT2D eigenvalue weighted by atomic mass is 10.1. The normalized spacial score (nSPS) is 11.1. The fraction of sp³-hybridized carbons (Fsp3) is 0.150. The molecule has 0 bridgehead atoms. The third-order valence-electron chi connectivity index (χ3n) is 4.13. The van der Waals surface area contributed by atoms with Crippen LogP contribution < -0.4 is 5.32 Å². The number of carbonyl (C=O) groups excluding carboxylic acids is 1. The lowest BCUT2D eigenvalue weighted by Gasteiger charge is -2.06. The number of hydrogen-bond acceptors (Lipinski definition) is 5. The molecule has 4 aromatic heterocycles. The molecule has 1 N–H and O–H groups in total. The molecule has 0 fully saturated rings.